The Morgan fingerprint density at radius 3 is 3.00 bits per heavy atom. The zero-order valence-corrected chi connectivity index (χ0v) is 8.46. The van der Waals surface area contributed by atoms with Crippen LogP contribution in [0.4, 0.5) is 0 Å². The highest BCUT2D eigenvalue weighted by atomic mass is 14.7. The second-order valence-electron chi connectivity index (χ2n) is 3.72. The molecule has 0 amide bonds. The third-order valence-corrected chi connectivity index (χ3v) is 2.61. The summed E-state index contributed by atoms with van der Waals surface area (Å²) in [7, 11) is 0. The topological polar surface area (TPSA) is 41.8 Å². The molecule has 1 heterocycles. The van der Waals surface area contributed by atoms with Gasteiger partial charge in [-0.15, -0.1) is 0 Å². The quantitative estimate of drug-likeness (QED) is 0.764. The molecule has 2 nitrogen and oxygen atoms in total. The lowest BCUT2D eigenvalue weighted by atomic mass is 10.0. The molecule has 0 saturated heterocycles. The molecule has 1 aromatic heterocycles. The first-order chi connectivity index (χ1) is 6.81. The van der Waals surface area contributed by atoms with E-state index >= 15 is 0 Å². The molecule has 0 radical (unpaired) electrons. The summed E-state index contributed by atoms with van der Waals surface area (Å²) >= 11 is 0. The Labute approximate surface area is 84.1 Å². The van der Waals surface area contributed by atoms with E-state index in [1.54, 1.807) is 0 Å². The molecule has 0 aliphatic carbocycles. The molecule has 1 aromatic carbocycles. The van der Waals surface area contributed by atoms with Gasteiger partial charge in [-0.3, -0.25) is 0 Å². The van der Waals surface area contributed by atoms with Crippen molar-refractivity contribution in [3.05, 3.63) is 36.0 Å². The van der Waals surface area contributed by atoms with E-state index in [-0.39, 0.29) is 6.04 Å². The number of aromatic amines is 1. The first kappa shape index (κ1) is 9.28. The molecular formula is C12H16N2. The van der Waals surface area contributed by atoms with E-state index < -0.39 is 0 Å². The monoisotopic (exact) mass is 188 g/mol. The zero-order valence-electron chi connectivity index (χ0n) is 8.46. The lowest BCUT2D eigenvalue weighted by Gasteiger charge is -2.10. The molecule has 0 fully saturated rings. The van der Waals surface area contributed by atoms with Crippen LogP contribution in [0.25, 0.3) is 10.9 Å². The smallest absolute Gasteiger partial charge is 0.0457 e. The van der Waals surface area contributed by atoms with Crippen molar-refractivity contribution in [1.82, 2.24) is 4.98 Å². The average Bonchev–Trinajstić information content (AvgIpc) is 2.64. The van der Waals surface area contributed by atoms with Crippen molar-refractivity contribution in [2.24, 2.45) is 5.73 Å². The summed E-state index contributed by atoms with van der Waals surface area (Å²) in [5, 5.41) is 1.25. The van der Waals surface area contributed by atoms with Gasteiger partial charge in [-0.2, -0.15) is 0 Å². The maximum absolute atomic E-state index is 6.05. The van der Waals surface area contributed by atoms with E-state index in [0.717, 1.165) is 12.8 Å². The molecule has 2 aromatic rings. The van der Waals surface area contributed by atoms with Gasteiger partial charge in [0.25, 0.3) is 0 Å². The molecule has 0 spiro atoms. The first-order valence-electron chi connectivity index (χ1n) is 5.14. The van der Waals surface area contributed by atoms with Gasteiger partial charge in [0.05, 0.1) is 0 Å². The van der Waals surface area contributed by atoms with Crippen LogP contribution >= 0.6 is 0 Å². The third-order valence-electron chi connectivity index (χ3n) is 2.61. The van der Waals surface area contributed by atoms with Crippen LogP contribution in [0.1, 0.15) is 31.4 Å². The Balaban J connectivity index is 2.33. The summed E-state index contributed by atoms with van der Waals surface area (Å²) in [6.07, 6.45) is 4.13. The fourth-order valence-electron chi connectivity index (χ4n) is 1.77. The second-order valence-corrected chi connectivity index (χ2v) is 3.72. The largest absolute Gasteiger partial charge is 0.361 e. The highest BCUT2D eigenvalue weighted by Gasteiger charge is 2.05. The minimum Gasteiger partial charge on any atom is -0.361 e. The number of fused-ring (bicyclic) bond motifs is 1. The van der Waals surface area contributed by atoms with Crippen molar-refractivity contribution >= 4 is 10.9 Å². The van der Waals surface area contributed by atoms with Crippen molar-refractivity contribution in [2.45, 2.75) is 25.8 Å². The summed E-state index contributed by atoms with van der Waals surface area (Å²) in [6.45, 7) is 2.16. The van der Waals surface area contributed by atoms with Gasteiger partial charge in [-0.05, 0) is 29.5 Å². The number of hydrogen-bond acceptors (Lipinski definition) is 1. The Kier molecular flexibility index (Phi) is 2.55. The molecule has 0 aliphatic heterocycles. The van der Waals surface area contributed by atoms with E-state index in [1.165, 1.54) is 16.5 Å². The van der Waals surface area contributed by atoms with Gasteiger partial charge >= 0.3 is 0 Å². The minimum atomic E-state index is 0.174. The molecule has 1 atom stereocenters. The van der Waals surface area contributed by atoms with Crippen molar-refractivity contribution in [1.29, 1.82) is 0 Å². The van der Waals surface area contributed by atoms with Crippen LogP contribution in [0.3, 0.4) is 0 Å². The van der Waals surface area contributed by atoms with Gasteiger partial charge in [0, 0.05) is 17.8 Å². The SMILES string of the molecule is CCC[C@H](N)c1ccc2cc[nH]c2c1. The van der Waals surface area contributed by atoms with Crippen LogP contribution in [-0.4, -0.2) is 4.98 Å². The van der Waals surface area contributed by atoms with E-state index in [4.69, 9.17) is 5.73 Å². The van der Waals surface area contributed by atoms with E-state index in [2.05, 4.69) is 36.2 Å². The first-order valence-corrected chi connectivity index (χ1v) is 5.14. The molecule has 0 saturated carbocycles. The van der Waals surface area contributed by atoms with Crippen molar-refractivity contribution in [2.75, 3.05) is 0 Å². The second kappa shape index (κ2) is 3.84. The maximum Gasteiger partial charge on any atom is 0.0457 e. The van der Waals surface area contributed by atoms with Crippen LogP contribution in [-0.2, 0) is 0 Å². The Morgan fingerprint density at radius 1 is 1.36 bits per heavy atom. The minimum absolute atomic E-state index is 0.174. The fourth-order valence-corrected chi connectivity index (χ4v) is 1.77. The average molecular weight is 188 g/mol. The number of rotatable bonds is 3. The van der Waals surface area contributed by atoms with Crippen molar-refractivity contribution in [3.63, 3.8) is 0 Å². The zero-order chi connectivity index (χ0) is 9.97. The standard InChI is InChI=1S/C12H16N2/c1-2-3-11(13)10-5-4-9-6-7-14-12(9)8-10/h4-8,11,14H,2-3,13H2,1H3/t11-/m0/s1. The van der Waals surface area contributed by atoms with E-state index in [1.807, 2.05) is 6.20 Å². The van der Waals surface area contributed by atoms with Crippen LogP contribution in [0.2, 0.25) is 0 Å². The molecule has 14 heavy (non-hydrogen) atoms. The van der Waals surface area contributed by atoms with Gasteiger partial charge in [0.15, 0.2) is 0 Å². The Bertz CT molecular complexity index is 417. The predicted octanol–water partition coefficient (Wildman–Crippen LogP) is 2.97. The summed E-state index contributed by atoms with van der Waals surface area (Å²) in [5.74, 6) is 0. The van der Waals surface area contributed by atoms with Gasteiger partial charge in [-0.1, -0.05) is 25.5 Å². The highest BCUT2D eigenvalue weighted by Crippen LogP contribution is 2.20. The maximum atomic E-state index is 6.05. The van der Waals surface area contributed by atoms with Crippen molar-refractivity contribution < 1.29 is 0 Å². The molecule has 0 unspecified atom stereocenters. The van der Waals surface area contributed by atoms with Crippen LogP contribution in [0.5, 0.6) is 0 Å². The summed E-state index contributed by atoms with van der Waals surface area (Å²) in [6, 6.07) is 8.64. The fraction of sp³-hybridized carbons (Fsp3) is 0.333. The summed E-state index contributed by atoms with van der Waals surface area (Å²) < 4.78 is 0. The van der Waals surface area contributed by atoms with E-state index in [9.17, 15) is 0 Å². The molecule has 0 aliphatic rings. The highest BCUT2D eigenvalue weighted by molar-refractivity contribution is 5.79. The third kappa shape index (κ3) is 1.66. The number of benzene rings is 1. The lowest BCUT2D eigenvalue weighted by molar-refractivity contribution is 0.639. The Hall–Kier alpha value is -1.28. The molecule has 3 N–H and O–H groups in total. The molecule has 2 rings (SSSR count). The van der Waals surface area contributed by atoms with Gasteiger partial charge in [0.1, 0.15) is 0 Å². The molecular weight excluding hydrogens is 172 g/mol. The van der Waals surface area contributed by atoms with Gasteiger partial charge in [0.2, 0.25) is 0 Å². The Morgan fingerprint density at radius 2 is 2.21 bits per heavy atom. The normalized spacial score (nSPS) is 13.3. The summed E-state index contributed by atoms with van der Waals surface area (Å²) in [4.78, 5) is 3.20. The van der Waals surface area contributed by atoms with Gasteiger partial charge in [-0.25, -0.2) is 0 Å². The van der Waals surface area contributed by atoms with E-state index in [0.29, 0.717) is 0 Å². The molecule has 0 bridgehead atoms. The van der Waals surface area contributed by atoms with Crippen molar-refractivity contribution in [3.8, 4) is 0 Å². The number of hydrogen-bond donors (Lipinski definition) is 2. The number of nitrogens with two attached hydrogens (primary N) is 1. The number of nitrogens with one attached hydrogen (secondary N) is 1. The number of aromatic nitrogens is 1. The van der Waals surface area contributed by atoms with Crippen LogP contribution in [0, 0.1) is 0 Å². The molecule has 2 heteroatoms. The number of H-pyrrole nitrogens is 1. The predicted molar refractivity (Wildman–Crippen MR) is 60.1 cm³/mol. The van der Waals surface area contributed by atoms with Crippen LogP contribution in [0.15, 0.2) is 30.5 Å². The molecule has 74 valence electrons. The lowest BCUT2D eigenvalue weighted by Crippen LogP contribution is -2.09. The van der Waals surface area contributed by atoms with Gasteiger partial charge < -0.3 is 10.7 Å². The summed E-state index contributed by atoms with van der Waals surface area (Å²) in [5.41, 5.74) is 8.45. The van der Waals surface area contributed by atoms with Crippen LogP contribution < -0.4 is 5.73 Å².